The molecule has 1 aromatic heterocycles. The zero-order valence-corrected chi connectivity index (χ0v) is 13.8. The van der Waals surface area contributed by atoms with Crippen LogP contribution >= 0.6 is 0 Å². The lowest BCUT2D eigenvalue weighted by Crippen LogP contribution is -2.17. The highest BCUT2D eigenvalue weighted by Crippen LogP contribution is 2.25. The van der Waals surface area contributed by atoms with E-state index in [1.165, 1.54) is 29.8 Å². The highest BCUT2D eigenvalue weighted by Gasteiger charge is 2.31. The second-order valence-electron chi connectivity index (χ2n) is 5.28. The van der Waals surface area contributed by atoms with Crippen LogP contribution in [0, 0.1) is 6.92 Å². The number of halogens is 3. The molecule has 7 heteroatoms. The monoisotopic (exact) mass is 339 g/mol. The minimum absolute atomic E-state index is 0.260. The molecule has 0 unspecified atom stereocenters. The molecule has 24 heavy (non-hydrogen) atoms. The summed E-state index contributed by atoms with van der Waals surface area (Å²) in [5.74, 6) is 0.486. The average molecular weight is 339 g/mol. The number of ether oxygens (including phenoxy) is 1. The van der Waals surface area contributed by atoms with Gasteiger partial charge in [-0.15, -0.1) is 13.2 Å². The minimum atomic E-state index is -4.70. The van der Waals surface area contributed by atoms with Gasteiger partial charge in [0.2, 0.25) is 0 Å². The van der Waals surface area contributed by atoms with Gasteiger partial charge < -0.3 is 10.1 Å². The zero-order chi connectivity index (χ0) is 17.7. The lowest BCUT2D eigenvalue weighted by atomic mass is 10.2. The van der Waals surface area contributed by atoms with Gasteiger partial charge in [-0.3, -0.25) is 0 Å². The zero-order valence-electron chi connectivity index (χ0n) is 13.8. The SMILES string of the molecule is CCC(=CNc1cc(C)nn1-c1ccc(OC(F)(F)F)cc1)CC. The van der Waals surface area contributed by atoms with Crippen LogP contribution in [0.15, 0.2) is 42.1 Å². The van der Waals surface area contributed by atoms with Crippen molar-refractivity contribution in [2.75, 3.05) is 5.32 Å². The average Bonchev–Trinajstić information content (AvgIpc) is 2.88. The first-order valence-corrected chi connectivity index (χ1v) is 7.69. The molecule has 0 saturated heterocycles. The van der Waals surface area contributed by atoms with Crippen LogP contribution in [0.5, 0.6) is 5.75 Å². The van der Waals surface area contributed by atoms with Crippen LogP contribution in [-0.4, -0.2) is 16.1 Å². The maximum atomic E-state index is 12.2. The van der Waals surface area contributed by atoms with E-state index >= 15 is 0 Å². The highest BCUT2D eigenvalue weighted by atomic mass is 19.4. The van der Waals surface area contributed by atoms with Gasteiger partial charge in [-0.2, -0.15) is 5.10 Å². The summed E-state index contributed by atoms with van der Waals surface area (Å²) < 4.78 is 42.2. The fourth-order valence-corrected chi connectivity index (χ4v) is 2.22. The molecule has 0 aliphatic rings. The largest absolute Gasteiger partial charge is 0.573 e. The Morgan fingerprint density at radius 1 is 1.21 bits per heavy atom. The number of aromatic nitrogens is 2. The van der Waals surface area contributed by atoms with Gasteiger partial charge in [-0.25, -0.2) is 4.68 Å². The molecular weight excluding hydrogens is 319 g/mol. The summed E-state index contributed by atoms with van der Waals surface area (Å²) in [6, 6.07) is 7.47. The Morgan fingerprint density at radius 2 is 1.83 bits per heavy atom. The smallest absolute Gasteiger partial charge is 0.406 e. The molecule has 0 atom stereocenters. The molecule has 0 spiro atoms. The summed E-state index contributed by atoms with van der Waals surface area (Å²) in [4.78, 5) is 0. The standard InChI is InChI=1S/C17H20F3N3O/c1-4-13(5-2)11-21-16-10-12(3)22-23(16)14-6-8-15(9-7-14)24-17(18,19)20/h6-11,21H,4-5H2,1-3H3. The first-order valence-electron chi connectivity index (χ1n) is 7.69. The Balaban J connectivity index is 2.24. The van der Waals surface area contributed by atoms with Crippen molar-refractivity contribution in [2.45, 2.75) is 40.0 Å². The number of rotatable bonds is 6. The molecule has 0 radical (unpaired) electrons. The van der Waals surface area contributed by atoms with Gasteiger partial charge in [-0.05, 0) is 44.0 Å². The van der Waals surface area contributed by atoms with Crippen LogP contribution in [0.1, 0.15) is 32.4 Å². The molecule has 2 aromatic rings. The van der Waals surface area contributed by atoms with Crippen molar-refractivity contribution in [3.05, 3.63) is 47.8 Å². The second kappa shape index (κ2) is 7.42. The number of allylic oxidation sites excluding steroid dienone is 1. The molecule has 4 nitrogen and oxygen atoms in total. The van der Waals surface area contributed by atoms with Crippen molar-refractivity contribution < 1.29 is 17.9 Å². The second-order valence-corrected chi connectivity index (χ2v) is 5.28. The van der Waals surface area contributed by atoms with E-state index in [9.17, 15) is 13.2 Å². The molecule has 1 heterocycles. The van der Waals surface area contributed by atoms with Crippen LogP contribution in [0.25, 0.3) is 5.69 Å². The summed E-state index contributed by atoms with van der Waals surface area (Å²) in [6.45, 7) is 6.02. The molecule has 0 saturated carbocycles. The number of nitrogens with zero attached hydrogens (tertiary/aromatic N) is 2. The number of anilines is 1. The Bertz CT molecular complexity index is 697. The summed E-state index contributed by atoms with van der Waals surface area (Å²) in [5.41, 5.74) is 2.70. The summed E-state index contributed by atoms with van der Waals surface area (Å²) in [6.07, 6.45) is -0.869. The molecule has 0 amide bonds. The van der Waals surface area contributed by atoms with Crippen molar-refractivity contribution >= 4 is 5.82 Å². The van der Waals surface area contributed by atoms with E-state index < -0.39 is 6.36 Å². The number of alkyl halides is 3. The number of aryl methyl sites for hydroxylation is 1. The van der Waals surface area contributed by atoms with Gasteiger partial charge in [0, 0.05) is 12.3 Å². The van der Waals surface area contributed by atoms with Gasteiger partial charge in [0.15, 0.2) is 0 Å². The fourth-order valence-electron chi connectivity index (χ4n) is 2.22. The van der Waals surface area contributed by atoms with Crippen LogP contribution in [-0.2, 0) is 0 Å². The van der Waals surface area contributed by atoms with E-state index in [0.717, 1.165) is 24.4 Å². The van der Waals surface area contributed by atoms with Crippen molar-refractivity contribution in [1.82, 2.24) is 9.78 Å². The lowest BCUT2D eigenvalue weighted by molar-refractivity contribution is -0.274. The molecule has 1 aromatic carbocycles. The summed E-state index contributed by atoms with van der Waals surface area (Å²) >= 11 is 0. The van der Waals surface area contributed by atoms with Gasteiger partial charge in [0.05, 0.1) is 11.4 Å². The summed E-state index contributed by atoms with van der Waals surface area (Å²) in [5, 5.41) is 7.59. The van der Waals surface area contributed by atoms with Crippen molar-refractivity contribution in [1.29, 1.82) is 0 Å². The molecule has 130 valence electrons. The molecule has 0 bridgehead atoms. The number of hydrogen-bond acceptors (Lipinski definition) is 3. The molecular formula is C17H20F3N3O. The van der Waals surface area contributed by atoms with Crippen molar-refractivity contribution in [3.63, 3.8) is 0 Å². The van der Waals surface area contributed by atoms with Crippen LogP contribution in [0.4, 0.5) is 19.0 Å². The first kappa shape index (κ1) is 17.9. The van der Waals surface area contributed by atoms with E-state index in [1.54, 1.807) is 4.68 Å². The van der Waals surface area contributed by atoms with Gasteiger partial charge in [-0.1, -0.05) is 19.4 Å². The Kier molecular flexibility index (Phi) is 5.54. The van der Waals surface area contributed by atoms with Crippen LogP contribution in [0.2, 0.25) is 0 Å². The molecule has 0 aliphatic carbocycles. The highest BCUT2D eigenvalue weighted by molar-refractivity contribution is 5.49. The van der Waals surface area contributed by atoms with Gasteiger partial charge >= 0.3 is 6.36 Å². The Labute approximate surface area is 138 Å². The third kappa shape index (κ3) is 4.78. The van der Waals surface area contributed by atoms with Crippen LogP contribution in [0.3, 0.4) is 0 Å². The maximum Gasteiger partial charge on any atom is 0.573 e. The van der Waals surface area contributed by atoms with E-state index in [1.807, 2.05) is 19.2 Å². The quantitative estimate of drug-likeness (QED) is 0.787. The van der Waals surface area contributed by atoms with E-state index in [2.05, 4.69) is 29.0 Å². The van der Waals surface area contributed by atoms with E-state index in [0.29, 0.717) is 5.69 Å². The van der Waals surface area contributed by atoms with Gasteiger partial charge in [0.1, 0.15) is 11.6 Å². The topological polar surface area (TPSA) is 39.1 Å². The summed E-state index contributed by atoms with van der Waals surface area (Å²) in [7, 11) is 0. The van der Waals surface area contributed by atoms with E-state index in [4.69, 9.17) is 0 Å². The van der Waals surface area contributed by atoms with E-state index in [-0.39, 0.29) is 5.75 Å². The predicted molar refractivity (Wildman–Crippen MR) is 87.3 cm³/mol. The molecule has 2 rings (SSSR count). The third-order valence-corrected chi connectivity index (χ3v) is 3.48. The first-order chi connectivity index (χ1) is 11.3. The molecule has 1 N–H and O–H groups in total. The van der Waals surface area contributed by atoms with Crippen LogP contribution < -0.4 is 10.1 Å². The minimum Gasteiger partial charge on any atom is -0.406 e. The van der Waals surface area contributed by atoms with Crippen molar-refractivity contribution in [3.8, 4) is 11.4 Å². The normalized spacial score (nSPS) is 11.2. The lowest BCUT2D eigenvalue weighted by Gasteiger charge is -2.11. The molecule has 0 aliphatic heterocycles. The molecule has 0 fully saturated rings. The predicted octanol–water partition coefficient (Wildman–Crippen LogP) is 5.20. The Morgan fingerprint density at radius 3 is 2.38 bits per heavy atom. The number of hydrogen-bond donors (Lipinski definition) is 1. The fraction of sp³-hybridized carbons (Fsp3) is 0.353. The maximum absolute atomic E-state index is 12.2. The third-order valence-electron chi connectivity index (χ3n) is 3.48. The van der Waals surface area contributed by atoms with Crippen molar-refractivity contribution in [2.24, 2.45) is 0 Å². The number of benzene rings is 1. The van der Waals surface area contributed by atoms with Gasteiger partial charge in [0.25, 0.3) is 0 Å². The number of nitrogens with one attached hydrogen (secondary N) is 1. The Hall–Kier alpha value is -2.44.